The third-order valence-electron chi connectivity index (χ3n) is 5.91. The molecule has 5 nitrogen and oxygen atoms in total. The second-order valence-corrected chi connectivity index (χ2v) is 8.48. The van der Waals surface area contributed by atoms with Gasteiger partial charge in [0.1, 0.15) is 0 Å². The van der Waals surface area contributed by atoms with Crippen LogP contribution in [0, 0.1) is 0 Å². The molecule has 5 rings (SSSR count). The molecule has 2 saturated carbocycles. The summed E-state index contributed by atoms with van der Waals surface area (Å²) in [7, 11) is 0. The molecule has 0 radical (unpaired) electrons. The molecule has 0 atom stereocenters. The van der Waals surface area contributed by atoms with Crippen LogP contribution in [0.4, 0.5) is 0 Å². The van der Waals surface area contributed by atoms with Crippen molar-refractivity contribution in [1.82, 2.24) is 19.9 Å². The van der Waals surface area contributed by atoms with Crippen LogP contribution in [0.1, 0.15) is 61.1 Å². The van der Waals surface area contributed by atoms with Crippen molar-refractivity contribution in [2.45, 2.75) is 55.9 Å². The maximum absolute atomic E-state index is 13.2. The van der Waals surface area contributed by atoms with Crippen molar-refractivity contribution in [3.63, 3.8) is 0 Å². The largest absolute Gasteiger partial charge is 0.337 e. The van der Waals surface area contributed by atoms with E-state index in [9.17, 15) is 4.79 Å². The van der Waals surface area contributed by atoms with Crippen molar-refractivity contribution in [3.8, 4) is 0 Å². The van der Waals surface area contributed by atoms with Crippen LogP contribution in [0.15, 0.2) is 23.7 Å². The topological polar surface area (TPSA) is 51.0 Å². The first-order valence-corrected chi connectivity index (χ1v) is 9.89. The molecule has 1 aliphatic heterocycles. The average molecular weight is 342 g/mol. The van der Waals surface area contributed by atoms with Gasteiger partial charge in [-0.3, -0.25) is 4.79 Å². The summed E-state index contributed by atoms with van der Waals surface area (Å²) in [6.07, 6.45) is 8.91. The number of aromatic nitrogens is 3. The van der Waals surface area contributed by atoms with Gasteiger partial charge in [0.2, 0.25) is 5.91 Å². The lowest BCUT2D eigenvalue weighted by atomic mass is 9.81. The summed E-state index contributed by atoms with van der Waals surface area (Å²) in [4.78, 5) is 16.5. The van der Waals surface area contributed by atoms with Gasteiger partial charge in [0.25, 0.3) is 0 Å². The minimum Gasteiger partial charge on any atom is -0.337 e. The molecule has 24 heavy (non-hydrogen) atoms. The zero-order valence-corrected chi connectivity index (χ0v) is 14.5. The summed E-state index contributed by atoms with van der Waals surface area (Å²) in [6.45, 7) is 1.55. The molecule has 0 unspecified atom stereocenters. The van der Waals surface area contributed by atoms with E-state index >= 15 is 0 Å². The molecular weight excluding hydrogens is 320 g/mol. The molecule has 0 aromatic carbocycles. The molecular formula is C18H22N4OS. The first-order chi connectivity index (χ1) is 11.8. The lowest BCUT2D eigenvalue weighted by molar-refractivity contribution is -0.143. The predicted molar refractivity (Wildman–Crippen MR) is 92.1 cm³/mol. The number of rotatable bonds is 4. The number of carbonyl (C=O) groups excluding carboxylic acids is 1. The highest BCUT2D eigenvalue weighted by molar-refractivity contribution is 7.10. The van der Waals surface area contributed by atoms with Gasteiger partial charge in [0.15, 0.2) is 0 Å². The summed E-state index contributed by atoms with van der Waals surface area (Å²) < 4.78 is 1.98. The first kappa shape index (κ1) is 14.6. The third kappa shape index (κ3) is 2.23. The zero-order valence-electron chi connectivity index (χ0n) is 13.7. The van der Waals surface area contributed by atoms with Crippen LogP contribution in [0.5, 0.6) is 0 Å². The normalized spacial score (nSPS) is 23.4. The Balaban J connectivity index is 1.30. The minimum absolute atomic E-state index is 0.249. The molecule has 2 aliphatic carbocycles. The summed E-state index contributed by atoms with van der Waals surface area (Å²) in [5.74, 6) is 0.971. The highest BCUT2D eigenvalue weighted by atomic mass is 32.1. The van der Waals surface area contributed by atoms with Crippen LogP contribution < -0.4 is 0 Å². The Morgan fingerprint density at radius 3 is 2.71 bits per heavy atom. The summed E-state index contributed by atoms with van der Waals surface area (Å²) in [5, 5.41) is 10.7. The molecule has 1 amide bonds. The Labute approximate surface area is 145 Å². The lowest BCUT2D eigenvalue weighted by Crippen LogP contribution is -2.56. The van der Waals surface area contributed by atoms with Crippen molar-refractivity contribution < 1.29 is 4.79 Å². The van der Waals surface area contributed by atoms with E-state index < -0.39 is 0 Å². The van der Waals surface area contributed by atoms with Crippen LogP contribution in [0.2, 0.25) is 0 Å². The minimum atomic E-state index is -0.249. The SMILES string of the molecule is O=C(N1CC(n2cc(C3CC3)nn2)C1)C1(c2cccs2)CCCC1. The van der Waals surface area contributed by atoms with Crippen molar-refractivity contribution >= 4 is 17.2 Å². The van der Waals surface area contributed by atoms with E-state index in [0.717, 1.165) is 44.5 Å². The summed E-state index contributed by atoms with van der Waals surface area (Å²) in [6, 6.07) is 4.52. The van der Waals surface area contributed by atoms with E-state index in [1.807, 2.05) is 9.58 Å². The van der Waals surface area contributed by atoms with Gasteiger partial charge < -0.3 is 4.90 Å². The maximum atomic E-state index is 13.2. The van der Waals surface area contributed by atoms with E-state index in [-0.39, 0.29) is 5.41 Å². The van der Waals surface area contributed by atoms with Gasteiger partial charge >= 0.3 is 0 Å². The van der Waals surface area contributed by atoms with Crippen LogP contribution in [0.25, 0.3) is 0 Å². The van der Waals surface area contributed by atoms with Crippen molar-refractivity contribution in [3.05, 3.63) is 34.3 Å². The van der Waals surface area contributed by atoms with Crippen LogP contribution in [0.3, 0.4) is 0 Å². The fraction of sp³-hybridized carbons (Fsp3) is 0.611. The standard InChI is InChI=1S/C18H22N4OS/c23-17(18(7-1-2-8-18)16-4-3-9-24-16)21-10-14(11-21)22-12-15(19-20-22)13-5-6-13/h3-4,9,12-14H,1-2,5-8,10-11H2. The van der Waals surface area contributed by atoms with Gasteiger partial charge in [0.05, 0.1) is 17.2 Å². The molecule has 2 aromatic rings. The fourth-order valence-corrected chi connectivity index (χ4v) is 5.20. The second kappa shape index (κ2) is 5.41. The first-order valence-electron chi connectivity index (χ1n) is 9.01. The highest BCUT2D eigenvalue weighted by Gasteiger charge is 2.48. The van der Waals surface area contributed by atoms with Crippen LogP contribution in [-0.2, 0) is 10.2 Å². The smallest absolute Gasteiger partial charge is 0.234 e. The Morgan fingerprint density at radius 1 is 1.25 bits per heavy atom. The van der Waals surface area contributed by atoms with E-state index in [0.29, 0.717) is 17.9 Å². The number of hydrogen-bond acceptors (Lipinski definition) is 4. The molecule has 3 aliphatic rings. The Kier molecular flexibility index (Phi) is 3.30. The lowest BCUT2D eigenvalue weighted by Gasteiger charge is -2.43. The number of amides is 1. The number of likely N-dealkylation sites (tertiary alicyclic amines) is 1. The quantitative estimate of drug-likeness (QED) is 0.858. The molecule has 6 heteroatoms. The number of thiophene rings is 1. The maximum Gasteiger partial charge on any atom is 0.234 e. The Morgan fingerprint density at radius 2 is 2.04 bits per heavy atom. The predicted octanol–water partition coefficient (Wildman–Crippen LogP) is 3.11. The number of hydrogen-bond donors (Lipinski definition) is 0. The van der Waals surface area contributed by atoms with Gasteiger partial charge in [-0.15, -0.1) is 16.4 Å². The van der Waals surface area contributed by atoms with E-state index in [2.05, 4.69) is 34.0 Å². The van der Waals surface area contributed by atoms with Gasteiger partial charge in [0, 0.05) is 30.1 Å². The molecule has 1 saturated heterocycles. The molecule has 0 spiro atoms. The molecule has 3 fully saturated rings. The Hall–Kier alpha value is -1.69. The highest BCUT2D eigenvalue weighted by Crippen LogP contribution is 2.45. The monoisotopic (exact) mass is 342 g/mol. The van der Waals surface area contributed by atoms with Crippen LogP contribution in [-0.4, -0.2) is 38.9 Å². The molecule has 0 N–H and O–H groups in total. The van der Waals surface area contributed by atoms with Gasteiger partial charge in [-0.1, -0.05) is 24.1 Å². The van der Waals surface area contributed by atoms with E-state index in [1.165, 1.54) is 17.7 Å². The molecule has 2 aromatic heterocycles. The number of carbonyl (C=O) groups is 1. The van der Waals surface area contributed by atoms with Crippen LogP contribution >= 0.6 is 11.3 Å². The van der Waals surface area contributed by atoms with Gasteiger partial charge in [-0.05, 0) is 37.1 Å². The van der Waals surface area contributed by atoms with E-state index in [4.69, 9.17) is 0 Å². The molecule has 126 valence electrons. The molecule has 3 heterocycles. The van der Waals surface area contributed by atoms with Crippen molar-refractivity contribution in [1.29, 1.82) is 0 Å². The molecule has 0 bridgehead atoms. The van der Waals surface area contributed by atoms with Gasteiger partial charge in [-0.25, -0.2) is 4.68 Å². The van der Waals surface area contributed by atoms with E-state index in [1.54, 1.807) is 11.3 Å². The fourth-order valence-electron chi connectivity index (χ4n) is 4.22. The zero-order chi connectivity index (χ0) is 16.1. The second-order valence-electron chi connectivity index (χ2n) is 7.53. The van der Waals surface area contributed by atoms with Crippen molar-refractivity contribution in [2.75, 3.05) is 13.1 Å². The number of nitrogens with zero attached hydrogens (tertiary/aromatic N) is 4. The average Bonchev–Trinajstić information content (AvgIpc) is 3.03. The third-order valence-corrected chi connectivity index (χ3v) is 6.98. The Bertz CT molecular complexity index is 737. The summed E-state index contributed by atoms with van der Waals surface area (Å²) >= 11 is 1.73. The van der Waals surface area contributed by atoms with Crippen molar-refractivity contribution in [2.24, 2.45) is 0 Å². The summed E-state index contributed by atoms with van der Waals surface area (Å²) in [5.41, 5.74) is 0.881. The van der Waals surface area contributed by atoms with Gasteiger partial charge in [-0.2, -0.15) is 0 Å².